The van der Waals surface area contributed by atoms with Crippen molar-refractivity contribution in [2.75, 3.05) is 13.2 Å². The number of carboxylic acid groups (broad SMARTS) is 1. The molecule has 0 aliphatic rings. The number of aliphatic hydroxyl groups excluding tert-OH is 4. The first-order valence-corrected chi connectivity index (χ1v) is 5.84. The summed E-state index contributed by atoms with van der Waals surface area (Å²) >= 11 is 0. The average molecular weight is 305 g/mol. The topological polar surface area (TPSA) is 185 Å². The van der Waals surface area contributed by atoms with Crippen LogP contribution in [0.2, 0.25) is 0 Å². The molecule has 0 spiro atoms. The first kappa shape index (κ1) is 19.1. The van der Waals surface area contributed by atoms with Gasteiger partial charge in [0.15, 0.2) is 17.6 Å². The van der Waals surface area contributed by atoms with Crippen molar-refractivity contribution in [3.8, 4) is 11.5 Å². The van der Waals surface area contributed by atoms with E-state index >= 15 is 0 Å². The molecule has 1 rings (SSSR count). The Kier molecular flexibility index (Phi) is 8.28. The number of phenolic OH excluding ortho intramolecular Hbond substituents is 2. The number of hydrogen-bond donors (Lipinski definition) is 8. The van der Waals surface area contributed by atoms with Crippen LogP contribution in [0.4, 0.5) is 0 Å². The van der Waals surface area contributed by atoms with Gasteiger partial charge in [-0.15, -0.1) is 0 Å². The Balaban J connectivity index is 0.000000400. The number of aliphatic carboxylic acids is 1. The fourth-order valence-corrected chi connectivity index (χ4v) is 1.15. The largest absolute Gasteiger partial charge is 0.504 e. The Morgan fingerprint density at radius 2 is 1.71 bits per heavy atom. The summed E-state index contributed by atoms with van der Waals surface area (Å²) in [6.45, 7) is -0.669. The van der Waals surface area contributed by atoms with Gasteiger partial charge in [-0.2, -0.15) is 0 Å². The SMILES string of the molecule is NCC(O)c1ccc(O)c(O)c1.O=C(O)C(O)C(O)CO. The van der Waals surface area contributed by atoms with Gasteiger partial charge in [-0.1, -0.05) is 6.07 Å². The second kappa shape index (κ2) is 9.10. The Morgan fingerprint density at radius 3 is 2.05 bits per heavy atom. The van der Waals surface area contributed by atoms with E-state index in [9.17, 15) is 9.90 Å². The number of aromatic hydroxyl groups is 2. The smallest absolute Gasteiger partial charge is 0.335 e. The van der Waals surface area contributed by atoms with E-state index in [0.717, 1.165) is 0 Å². The number of hydrogen-bond acceptors (Lipinski definition) is 8. The zero-order chi connectivity index (χ0) is 16.6. The van der Waals surface area contributed by atoms with Gasteiger partial charge in [0.05, 0.1) is 12.7 Å². The summed E-state index contributed by atoms with van der Waals surface area (Å²) in [7, 11) is 0. The molecular formula is C12H19NO8. The number of rotatable bonds is 5. The van der Waals surface area contributed by atoms with E-state index in [1.807, 2.05) is 0 Å². The second-order valence-electron chi connectivity index (χ2n) is 4.03. The summed E-state index contributed by atoms with van der Waals surface area (Å²) < 4.78 is 0. The molecule has 3 unspecified atom stereocenters. The van der Waals surface area contributed by atoms with Gasteiger partial charge in [0.25, 0.3) is 0 Å². The minimum absolute atomic E-state index is 0.0875. The van der Waals surface area contributed by atoms with E-state index in [2.05, 4.69) is 0 Å². The minimum Gasteiger partial charge on any atom is -0.504 e. The van der Waals surface area contributed by atoms with Gasteiger partial charge in [0, 0.05) is 6.54 Å². The van der Waals surface area contributed by atoms with E-state index in [-0.39, 0.29) is 18.0 Å². The van der Waals surface area contributed by atoms with Crippen LogP contribution in [-0.2, 0) is 4.79 Å². The van der Waals surface area contributed by atoms with Crippen molar-refractivity contribution in [3.63, 3.8) is 0 Å². The first-order chi connectivity index (χ1) is 9.74. The van der Waals surface area contributed by atoms with Crippen molar-refractivity contribution in [1.29, 1.82) is 0 Å². The summed E-state index contributed by atoms with van der Waals surface area (Å²) in [5.74, 6) is -2.00. The maximum Gasteiger partial charge on any atom is 0.335 e. The Labute approximate surface area is 120 Å². The summed E-state index contributed by atoms with van der Waals surface area (Å²) in [6.07, 6.45) is -4.28. The van der Waals surface area contributed by atoms with Crippen molar-refractivity contribution in [2.45, 2.75) is 18.3 Å². The van der Waals surface area contributed by atoms with Gasteiger partial charge in [0.1, 0.15) is 6.10 Å². The van der Waals surface area contributed by atoms with Crippen LogP contribution in [0.25, 0.3) is 0 Å². The molecule has 9 nitrogen and oxygen atoms in total. The average Bonchev–Trinajstić information content (AvgIpc) is 2.48. The van der Waals surface area contributed by atoms with Crippen molar-refractivity contribution in [2.24, 2.45) is 5.73 Å². The summed E-state index contributed by atoms with van der Waals surface area (Å²) in [5.41, 5.74) is 5.69. The van der Waals surface area contributed by atoms with Crippen LogP contribution >= 0.6 is 0 Å². The van der Waals surface area contributed by atoms with Gasteiger partial charge in [0.2, 0.25) is 0 Å². The normalized spacial score (nSPS) is 14.5. The highest BCUT2D eigenvalue weighted by molar-refractivity contribution is 5.72. The number of aliphatic hydroxyl groups is 4. The van der Waals surface area contributed by atoms with Gasteiger partial charge in [-0.3, -0.25) is 0 Å². The number of carboxylic acids is 1. The molecular weight excluding hydrogens is 286 g/mol. The maximum absolute atomic E-state index is 9.78. The van der Waals surface area contributed by atoms with Crippen LogP contribution in [0.1, 0.15) is 11.7 Å². The molecule has 3 atom stereocenters. The molecule has 1 aromatic carbocycles. The third kappa shape index (κ3) is 6.38. The molecule has 0 aromatic heterocycles. The van der Waals surface area contributed by atoms with Gasteiger partial charge in [-0.05, 0) is 17.7 Å². The van der Waals surface area contributed by atoms with Crippen LogP contribution in [0.5, 0.6) is 11.5 Å². The lowest BCUT2D eigenvalue weighted by molar-refractivity contribution is -0.154. The van der Waals surface area contributed by atoms with E-state index in [1.165, 1.54) is 18.2 Å². The lowest BCUT2D eigenvalue weighted by Crippen LogP contribution is -2.36. The molecule has 0 saturated carbocycles. The standard InChI is InChI=1S/C8H11NO3.C4H8O5/c9-4-8(12)5-1-2-6(10)7(11)3-5;5-1-2(6)3(7)4(8)9/h1-3,8,10-12H,4,9H2;2-3,5-7H,1H2,(H,8,9). The third-order valence-corrected chi connectivity index (χ3v) is 2.41. The first-order valence-electron chi connectivity index (χ1n) is 5.84. The van der Waals surface area contributed by atoms with Crippen LogP contribution < -0.4 is 5.73 Å². The Bertz CT molecular complexity index is 453. The molecule has 120 valence electrons. The summed E-state index contributed by atoms with van der Waals surface area (Å²) in [6, 6.07) is 4.10. The van der Waals surface area contributed by atoms with Crippen LogP contribution in [0, 0.1) is 0 Å². The molecule has 0 aliphatic heterocycles. The van der Waals surface area contributed by atoms with Gasteiger partial charge in [-0.25, -0.2) is 4.79 Å². The molecule has 1 aromatic rings. The lowest BCUT2D eigenvalue weighted by atomic mass is 10.1. The summed E-state index contributed by atoms with van der Waals surface area (Å²) in [4.78, 5) is 9.78. The highest BCUT2D eigenvalue weighted by Crippen LogP contribution is 2.27. The number of carbonyl (C=O) groups is 1. The fourth-order valence-electron chi connectivity index (χ4n) is 1.15. The monoisotopic (exact) mass is 305 g/mol. The molecule has 0 heterocycles. The zero-order valence-electron chi connectivity index (χ0n) is 11.0. The molecule has 0 fully saturated rings. The lowest BCUT2D eigenvalue weighted by Gasteiger charge is -2.09. The van der Waals surface area contributed by atoms with Crippen LogP contribution in [-0.4, -0.2) is 67.1 Å². The number of nitrogens with two attached hydrogens (primary N) is 1. The minimum atomic E-state index is -1.89. The molecule has 9 heteroatoms. The summed E-state index contributed by atoms with van der Waals surface area (Å²) in [5, 5.41) is 60.0. The molecule has 0 aliphatic carbocycles. The van der Waals surface area contributed by atoms with Crippen LogP contribution in [0.3, 0.4) is 0 Å². The third-order valence-electron chi connectivity index (χ3n) is 2.41. The predicted molar refractivity (Wildman–Crippen MR) is 70.5 cm³/mol. The predicted octanol–water partition coefficient (Wildman–Crippen LogP) is -2.13. The Morgan fingerprint density at radius 1 is 1.14 bits per heavy atom. The van der Waals surface area contributed by atoms with E-state index in [4.69, 9.17) is 36.4 Å². The zero-order valence-corrected chi connectivity index (χ0v) is 11.0. The number of benzene rings is 1. The number of phenols is 2. The molecule has 0 saturated heterocycles. The molecule has 9 N–H and O–H groups in total. The van der Waals surface area contributed by atoms with Gasteiger partial charge >= 0.3 is 5.97 Å². The maximum atomic E-state index is 9.78. The van der Waals surface area contributed by atoms with Crippen molar-refractivity contribution in [1.82, 2.24) is 0 Å². The van der Waals surface area contributed by atoms with Crippen molar-refractivity contribution in [3.05, 3.63) is 23.8 Å². The van der Waals surface area contributed by atoms with E-state index in [1.54, 1.807) is 0 Å². The van der Waals surface area contributed by atoms with Crippen molar-refractivity contribution < 1.29 is 40.5 Å². The van der Waals surface area contributed by atoms with E-state index < -0.39 is 30.9 Å². The second-order valence-corrected chi connectivity index (χ2v) is 4.03. The molecule has 0 amide bonds. The van der Waals surface area contributed by atoms with E-state index in [0.29, 0.717) is 5.56 Å². The van der Waals surface area contributed by atoms with Crippen LogP contribution in [0.15, 0.2) is 18.2 Å². The molecule has 21 heavy (non-hydrogen) atoms. The Hall–Kier alpha value is -1.91. The fraction of sp³-hybridized carbons (Fsp3) is 0.417. The quantitative estimate of drug-likeness (QED) is 0.281. The van der Waals surface area contributed by atoms with Crippen molar-refractivity contribution >= 4 is 5.97 Å². The molecule has 0 bridgehead atoms. The highest BCUT2D eigenvalue weighted by atomic mass is 16.4. The molecule has 0 radical (unpaired) electrons. The highest BCUT2D eigenvalue weighted by Gasteiger charge is 2.21. The van der Waals surface area contributed by atoms with Gasteiger partial charge < -0.3 is 41.5 Å².